The lowest BCUT2D eigenvalue weighted by Crippen LogP contribution is -2.11. The molecule has 24 heavy (non-hydrogen) atoms. The fourth-order valence-electron chi connectivity index (χ4n) is 3.45. The summed E-state index contributed by atoms with van der Waals surface area (Å²) >= 11 is 0. The number of fused-ring (bicyclic) bond motifs is 1. The van der Waals surface area contributed by atoms with Crippen LogP contribution in [-0.4, -0.2) is 5.91 Å². The second-order valence-corrected chi connectivity index (χ2v) is 6.65. The first-order chi connectivity index (χ1) is 11.7. The molecule has 0 spiro atoms. The van der Waals surface area contributed by atoms with Crippen molar-refractivity contribution in [2.45, 2.75) is 25.7 Å². The summed E-state index contributed by atoms with van der Waals surface area (Å²) in [5.74, 6) is 1.51. The van der Waals surface area contributed by atoms with Crippen LogP contribution in [0.15, 0.2) is 66.7 Å². The van der Waals surface area contributed by atoms with Crippen LogP contribution in [0.1, 0.15) is 41.6 Å². The number of amides is 1. The van der Waals surface area contributed by atoms with Crippen LogP contribution in [0.4, 0.5) is 5.69 Å². The highest BCUT2D eigenvalue weighted by Gasteiger charge is 2.36. The van der Waals surface area contributed by atoms with Gasteiger partial charge in [-0.1, -0.05) is 55.8 Å². The van der Waals surface area contributed by atoms with Gasteiger partial charge in [0.1, 0.15) is 0 Å². The summed E-state index contributed by atoms with van der Waals surface area (Å²) in [4.78, 5) is 12.5. The monoisotopic (exact) mass is 315 g/mol. The van der Waals surface area contributed by atoms with Crippen molar-refractivity contribution < 1.29 is 4.79 Å². The van der Waals surface area contributed by atoms with Crippen molar-refractivity contribution in [3.8, 4) is 0 Å². The van der Waals surface area contributed by atoms with Crippen molar-refractivity contribution in [3.05, 3.63) is 77.9 Å². The van der Waals surface area contributed by atoms with Gasteiger partial charge in [-0.25, -0.2) is 0 Å². The van der Waals surface area contributed by atoms with Crippen LogP contribution in [0.2, 0.25) is 0 Å². The zero-order valence-electron chi connectivity index (χ0n) is 13.8. The lowest BCUT2D eigenvalue weighted by Gasteiger charge is -2.08. The molecule has 1 amide bonds. The standard InChI is InChI=1S/C22H21NO/c1-2-15-14-21(15)17-9-11-20(12-10-17)23-22(24)19-8-7-16-5-3-4-6-18(16)13-19/h3-13,15,21H,2,14H2,1H3,(H,23,24). The van der Waals surface area contributed by atoms with Crippen molar-refractivity contribution in [2.24, 2.45) is 5.92 Å². The molecule has 1 aliphatic rings. The van der Waals surface area contributed by atoms with E-state index in [0.29, 0.717) is 5.56 Å². The summed E-state index contributed by atoms with van der Waals surface area (Å²) in [5.41, 5.74) is 2.93. The molecule has 0 heterocycles. The molecule has 3 aromatic carbocycles. The van der Waals surface area contributed by atoms with Crippen LogP contribution in [-0.2, 0) is 0 Å². The van der Waals surface area contributed by atoms with Gasteiger partial charge in [-0.15, -0.1) is 0 Å². The maximum atomic E-state index is 12.5. The Morgan fingerprint density at radius 3 is 2.46 bits per heavy atom. The first-order valence-corrected chi connectivity index (χ1v) is 8.64. The van der Waals surface area contributed by atoms with E-state index in [2.05, 4.69) is 30.4 Å². The molecule has 2 atom stereocenters. The van der Waals surface area contributed by atoms with E-state index < -0.39 is 0 Å². The normalized spacial score (nSPS) is 19.2. The minimum Gasteiger partial charge on any atom is -0.322 e. The van der Waals surface area contributed by atoms with E-state index in [1.165, 1.54) is 18.4 Å². The number of nitrogens with one attached hydrogen (secondary N) is 1. The summed E-state index contributed by atoms with van der Waals surface area (Å²) in [6, 6.07) is 22.2. The molecule has 2 nitrogen and oxygen atoms in total. The third-order valence-corrected chi connectivity index (χ3v) is 5.06. The van der Waals surface area contributed by atoms with Gasteiger partial charge in [0.25, 0.3) is 5.91 Å². The number of carbonyl (C=O) groups excluding carboxylic acids is 1. The predicted octanol–water partition coefficient (Wildman–Crippen LogP) is 5.61. The van der Waals surface area contributed by atoms with Crippen LogP contribution >= 0.6 is 0 Å². The third kappa shape index (κ3) is 2.92. The Bertz CT molecular complexity index is 882. The zero-order valence-corrected chi connectivity index (χ0v) is 13.8. The van der Waals surface area contributed by atoms with Gasteiger partial charge >= 0.3 is 0 Å². The largest absolute Gasteiger partial charge is 0.322 e. The molecule has 0 bridgehead atoms. The number of rotatable bonds is 4. The Balaban J connectivity index is 1.48. The minimum atomic E-state index is -0.0636. The number of hydrogen-bond acceptors (Lipinski definition) is 1. The molecule has 2 heteroatoms. The third-order valence-electron chi connectivity index (χ3n) is 5.06. The van der Waals surface area contributed by atoms with Crippen molar-refractivity contribution in [2.75, 3.05) is 5.32 Å². The van der Waals surface area contributed by atoms with Crippen LogP contribution in [0.3, 0.4) is 0 Å². The molecule has 120 valence electrons. The lowest BCUT2D eigenvalue weighted by molar-refractivity contribution is 0.102. The first kappa shape index (κ1) is 14.9. The van der Waals surface area contributed by atoms with Crippen LogP contribution in [0.5, 0.6) is 0 Å². The molecule has 1 aliphatic carbocycles. The highest BCUT2D eigenvalue weighted by atomic mass is 16.1. The minimum absolute atomic E-state index is 0.0636. The summed E-state index contributed by atoms with van der Waals surface area (Å²) < 4.78 is 0. The Morgan fingerprint density at radius 2 is 1.75 bits per heavy atom. The number of anilines is 1. The molecule has 0 radical (unpaired) electrons. The Labute approximate surface area is 142 Å². The van der Waals surface area contributed by atoms with E-state index in [0.717, 1.165) is 28.3 Å². The van der Waals surface area contributed by atoms with E-state index >= 15 is 0 Å². The van der Waals surface area contributed by atoms with E-state index in [-0.39, 0.29) is 5.91 Å². The van der Waals surface area contributed by atoms with Gasteiger partial charge in [-0.3, -0.25) is 4.79 Å². The van der Waals surface area contributed by atoms with Gasteiger partial charge < -0.3 is 5.32 Å². The average molecular weight is 315 g/mol. The number of hydrogen-bond donors (Lipinski definition) is 1. The number of benzene rings is 3. The van der Waals surface area contributed by atoms with Crippen molar-refractivity contribution in [1.82, 2.24) is 0 Å². The predicted molar refractivity (Wildman–Crippen MR) is 99.5 cm³/mol. The van der Waals surface area contributed by atoms with E-state index in [9.17, 15) is 4.79 Å². The first-order valence-electron chi connectivity index (χ1n) is 8.64. The molecule has 1 saturated carbocycles. The molecule has 0 aromatic heterocycles. The maximum absolute atomic E-state index is 12.5. The van der Waals surface area contributed by atoms with Gasteiger partial charge in [0.15, 0.2) is 0 Å². The molecule has 4 rings (SSSR count). The van der Waals surface area contributed by atoms with Crippen molar-refractivity contribution in [1.29, 1.82) is 0 Å². The van der Waals surface area contributed by atoms with Crippen molar-refractivity contribution >= 4 is 22.4 Å². The van der Waals surface area contributed by atoms with Gasteiger partial charge in [-0.2, -0.15) is 0 Å². The van der Waals surface area contributed by atoms with E-state index in [1.54, 1.807) is 0 Å². The topological polar surface area (TPSA) is 29.1 Å². The number of carbonyl (C=O) groups is 1. The fraction of sp³-hybridized carbons (Fsp3) is 0.227. The molecular weight excluding hydrogens is 294 g/mol. The Hall–Kier alpha value is -2.61. The molecular formula is C22H21NO. The second-order valence-electron chi connectivity index (χ2n) is 6.65. The molecule has 1 fully saturated rings. The van der Waals surface area contributed by atoms with Gasteiger partial charge in [0.2, 0.25) is 0 Å². The molecule has 0 saturated heterocycles. The summed E-state index contributed by atoms with van der Waals surface area (Å²) in [7, 11) is 0. The van der Waals surface area contributed by atoms with Crippen molar-refractivity contribution in [3.63, 3.8) is 0 Å². The lowest BCUT2D eigenvalue weighted by atomic mass is 10.1. The molecule has 1 N–H and O–H groups in total. The highest BCUT2D eigenvalue weighted by molar-refractivity contribution is 6.06. The molecule has 0 aliphatic heterocycles. The SMILES string of the molecule is CCC1CC1c1ccc(NC(=O)c2ccc3ccccc3c2)cc1. The van der Waals surface area contributed by atoms with Crippen LogP contribution < -0.4 is 5.32 Å². The molecule has 2 unspecified atom stereocenters. The van der Waals surface area contributed by atoms with Gasteiger partial charge in [0.05, 0.1) is 0 Å². The fourth-order valence-corrected chi connectivity index (χ4v) is 3.45. The average Bonchev–Trinajstić information content (AvgIpc) is 3.42. The second kappa shape index (κ2) is 6.12. The van der Waals surface area contributed by atoms with E-state index in [4.69, 9.17) is 0 Å². The zero-order chi connectivity index (χ0) is 16.5. The summed E-state index contributed by atoms with van der Waals surface area (Å²) in [6.45, 7) is 2.25. The maximum Gasteiger partial charge on any atom is 0.255 e. The van der Waals surface area contributed by atoms with E-state index in [1.807, 2.05) is 48.5 Å². The summed E-state index contributed by atoms with van der Waals surface area (Å²) in [6.07, 6.45) is 2.56. The summed E-state index contributed by atoms with van der Waals surface area (Å²) in [5, 5.41) is 5.23. The smallest absolute Gasteiger partial charge is 0.255 e. The quantitative estimate of drug-likeness (QED) is 0.666. The molecule has 3 aromatic rings. The Kier molecular flexibility index (Phi) is 3.81. The Morgan fingerprint density at radius 1 is 1.00 bits per heavy atom. The van der Waals surface area contributed by atoms with Gasteiger partial charge in [-0.05, 0) is 58.9 Å². The highest BCUT2D eigenvalue weighted by Crippen LogP contribution is 2.49. The van der Waals surface area contributed by atoms with Crippen LogP contribution in [0.25, 0.3) is 10.8 Å². The van der Waals surface area contributed by atoms with Crippen LogP contribution in [0, 0.1) is 5.92 Å². The van der Waals surface area contributed by atoms with Gasteiger partial charge in [0, 0.05) is 11.3 Å².